The highest BCUT2D eigenvalue weighted by molar-refractivity contribution is 5.79. The third kappa shape index (κ3) is 2.00. The standard InChI is InChI=1S/C22H36O/c1-15(23)17-7-8-18-16-9-13-20(2)11-5-6-12-22(20,4)19(16)10-14-21(17,18)3/h16-19H,5-14H2,1-4H3/t16-,17?,18-,19-,20+,21+,22+/m0/s1. The molecule has 0 N–H and O–H groups in total. The van der Waals surface area contributed by atoms with Crippen molar-refractivity contribution >= 4 is 5.78 Å². The van der Waals surface area contributed by atoms with E-state index in [9.17, 15) is 4.79 Å². The molecule has 7 atom stereocenters. The molecule has 130 valence electrons. The van der Waals surface area contributed by atoms with Gasteiger partial charge in [0.1, 0.15) is 5.78 Å². The Bertz CT molecular complexity index is 510. The number of hydrogen-bond acceptors (Lipinski definition) is 1. The van der Waals surface area contributed by atoms with Crippen molar-refractivity contribution in [3.63, 3.8) is 0 Å². The average molecular weight is 317 g/mol. The molecule has 0 radical (unpaired) electrons. The molecule has 1 nitrogen and oxygen atoms in total. The van der Waals surface area contributed by atoms with Gasteiger partial charge in [0, 0.05) is 5.92 Å². The molecule has 0 aromatic rings. The van der Waals surface area contributed by atoms with Crippen LogP contribution in [0.25, 0.3) is 0 Å². The zero-order valence-corrected chi connectivity index (χ0v) is 15.8. The lowest BCUT2D eigenvalue weighted by Crippen LogP contribution is -2.56. The van der Waals surface area contributed by atoms with Crippen LogP contribution in [0.2, 0.25) is 0 Å². The highest BCUT2D eigenvalue weighted by atomic mass is 16.1. The molecule has 0 saturated heterocycles. The van der Waals surface area contributed by atoms with Gasteiger partial charge in [0.05, 0.1) is 0 Å². The predicted molar refractivity (Wildman–Crippen MR) is 95.1 cm³/mol. The van der Waals surface area contributed by atoms with E-state index in [2.05, 4.69) is 20.8 Å². The van der Waals surface area contributed by atoms with Crippen LogP contribution >= 0.6 is 0 Å². The third-order valence-electron chi connectivity index (χ3n) is 9.83. The first-order chi connectivity index (χ1) is 10.8. The summed E-state index contributed by atoms with van der Waals surface area (Å²) in [5.41, 5.74) is 1.49. The number of carbonyl (C=O) groups excluding carboxylic acids is 1. The van der Waals surface area contributed by atoms with E-state index >= 15 is 0 Å². The molecule has 0 heterocycles. The Kier molecular flexibility index (Phi) is 3.57. The Morgan fingerprint density at radius 3 is 2.30 bits per heavy atom. The summed E-state index contributed by atoms with van der Waals surface area (Å²) in [6.07, 6.45) is 13.9. The summed E-state index contributed by atoms with van der Waals surface area (Å²) in [6, 6.07) is 0. The lowest BCUT2D eigenvalue weighted by Gasteiger charge is -2.64. The van der Waals surface area contributed by atoms with Crippen LogP contribution in [0.15, 0.2) is 0 Å². The monoisotopic (exact) mass is 316 g/mol. The van der Waals surface area contributed by atoms with Gasteiger partial charge >= 0.3 is 0 Å². The van der Waals surface area contributed by atoms with Gasteiger partial charge in [0.2, 0.25) is 0 Å². The summed E-state index contributed by atoms with van der Waals surface area (Å²) in [4.78, 5) is 12.2. The number of hydrogen-bond donors (Lipinski definition) is 0. The zero-order chi connectivity index (χ0) is 16.5. The van der Waals surface area contributed by atoms with Crippen LogP contribution in [0, 0.1) is 39.9 Å². The summed E-state index contributed by atoms with van der Waals surface area (Å²) in [5, 5.41) is 0. The van der Waals surface area contributed by atoms with E-state index in [0.29, 0.717) is 27.9 Å². The van der Waals surface area contributed by atoms with Crippen molar-refractivity contribution in [1.29, 1.82) is 0 Å². The molecule has 0 spiro atoms. The van der Waals surface area contributed by atoms with Crippen molar-refractivity contribution < 1.29 is 4.79 Å². The van der Waals surface area contributed by atoms with Crippen LogP contribution in [-0.2, 0) is 4.79 Å². The molecule has 1 unspecified atom stereocenters. The Hall–Kier alpha value is -0.330. The molecule has 23 heavy (non-hydrogen) atoms. The minimum atomic E-state index is 0.325. The Morgan fingerprint density at radius 2 is 1.57 bits per heavy atom. The molecule has 4 rings (SSSR count). The van der Waals surface area contributed by atoms with Crippen molar-refractivity contribution in [2.24, 2.45) is 39.9 Å². The number of rotatable bonds is 1. The first kappa shape index (κ1) is 16.2. The topological polar surface area (TPSA) is 17.1 Å². The molecule has 0 amide bonds. The van der Waals surface area contributed by atoms with Gasteiger partial charge < -0.3 is 0 Å². The number of fused-ring (bicyclic) bond motifs is 5. The van der Waals surface area contributed by atoms with Crippen LogP contribution in [-0.4, -0.2) is 5.78 Å². The van der Waals surface area contributed by atoms with Gasteiger partial charge in [0.25, 0.3) is 0 Å². The predicted octanol–water partition coefficient (Wildman–Crippen LogP) is 6.01. The Morgan fingerprint density at radius 1 is 0.826 bits per heavy atom. The highest BCUT2D eigenvalue weighted by Crippen LogP contribution is 2.70. The molecular formula is C22H36O. The fraction of sp³-hybridized carbons (Fsp3) is 0.955. The summed E-state index contributed by atoms with van der Waals surface area (Å²) >= 11 is 0. The van der Waals surface area contributed by atoms with Gasteiger partial charge in [-0.1, -0.05) is 33.6 Å². The molecule has 0 aromatic carbocycles. The highest BCUT2D eigenvalue weighted by Gasteiger charge is 2.62. The molecular weight excluding hydrogens is 280 g/mol. The minimum absolute atomic E-state index is 0.325. The summed E-state index contributed by atoms with van der Waals surface area (Å²) in [6.45, 7) is 9.60. The second kappa shape index (κ2) is 5.09. The number of carbonyl (C=O) groups is 1. The largest absolute Gasteiger partial charge is 0.300 e. The SMILES string of the molecule is CC(=O)C1CC[C@H]2[C@@H]3CC[C@@]4(C)CCCC[C@]4(C)[C@H]3CC[C@]12C. The molecule has 0 aromatic heterocycles. The van der Waals surface area contributed by atoms with Crippen LogP contribution in [0.5, 0.6) is 0 Å². The van der Waals surface area contributed by atoms with Gasteiger partial charge in [-0.25, -0.2) is 0 Å². The van der Waals surface area contributed by atoms with Crippen LogP contribution in [0.4, 0.5) is 0 Å². The van der Waals surface area contributed by atoms with Crippen molar-refractivity contribution in [2.45, 2.75) is 91.9 Å². The van der Waals surface area contributed by atoms with E-state index in [0.717, 1.165) is 17.8 Å². The Balaban J connectivity index is 1.66. The van der Waals surface area contributed by atoms with E-state index in [1.165, 1.54) is 64.2 Å². The Labute approximate surface area is 143 Å². The first-order valence-corrected chi connectivity index (χ1v) is 10.3. The van der Waals surface area contributed by atoms with Crippen LogP contribution < -0.4 is 0 Å². The van der Waals surface area contributed by atoms with Crippen molar-refractivity contribution in [1.82, 2.24) is 0 Å². The van der Waals surface area contributed by atoms with Gasteiger partial charge in [-0.05, 0) is 92.3 Å². The maximum Gasteiger partial charge on any atom is 0.133 e. The van der Waals surface area contributed by atoms with E-state index in [1.807, 2.05) is 6.92 Å². The first-order valence-electron chi connectivity index (χ1n) is 10.3. The van der Waals surface area contributed by atoms with Crippen molar-refractivity contribution in [3.8, 4) is 0 Å². The van der Waals surface area contributed by atoms with Crippen LogP contribution in [0.3, 0.4) is 0 Å². The molecule has 4 fully saturated rings. The molecule has 0 bridgehead atoms. The second-order valence-corrected chi connectivity index (χ2v) is 10.4. The fourth-order valence-electron chi connectivity index (χ4n) is 8.27. The van der Waals surface area contributed by atoms with Gasteiger partial charge in [-0.3, -0.25) is 4.79 Å². The lowest BCUT2D eigenvalue weighted by atomic mass is 9.40. The second-order valence-electron chi connectivity index (χ2n) is 10.4. The zero-order valence-electron chi connectivity index (χ0n) is 15.8. The third-order valence-corrected chi connectivity index (χ3v) is 9.83. The normalized spacial score (nSPS) is 55.7. The van der Waals surface area contributed by atoms with E-state index in [-0.39, 0.29) is 0 Å². The van der Waals surface area contributed by atoms with E-state index in [4.69, 9.17) is 0 Å². The number of ketones is 1. The van der Waals surface area contributed by atoms with Crippen molar-refractivity contribution in [2.75, 3.05) is 0 Å². The molecule has 1 heteroatoms. The minimum Gasteiger partial charge on any atom is -0.300 e. The fourth-order valence-corrected chi connectivity index (χ4v) is 8.27. The van der Waals surface area contributed by atoms with E-state index in [1.54, 1.807) is 0 Å². The van der Waals surface area contributed by atoms with E-state index < -0.39 is 0 Å². The smallest absolute Gasteiger partial charge is 0.133 e. The van der Waals surface area contributed by atoms with Crippen LogP contribution in [0.1, 0.15) is 91.9 Å². The summed E-state index contributed by atoms with van der Waals surface area (Å²) < 4.78 is 0. The van der Waals surface area contributed by atoms with Gasteiger partial charge in [-0.15, -0.1) is 0 Å². The molecule has 0 aliphatic heterocycles. The molecule has 4 aliphatic carbocycles. The average Bonchev–Trinajstić information content (AvgIpc) is 2.85. The molecule has 4 saturated carbocycles. The maximum atomic E-state index is 12.2. The summed E-state index contributed by atoms with van der Waals surface area (Å²) in [5.74, 6) is 3.51. The van der Waals surface area contributed by atoms with Gasteiger partial charge in [-0.2, -0.15) is 0 Å². The number of Topliss-reactive ketones (excluding diaryl/α,β-unsaturated/α-hetero) is 1. The van der Waals surface area contributed by atoms with Crippen molar-refractivity contribution in [3.05, 3.63) is 0 Å². The summed E-state index contributed by atoms with van der Waals surface area (Å²) in [7, 11) is 0. The van der Waals surface area contributed by atoms with Gasteiger partial charge in [0.15, 0.2) is 0 Å². The molecule has 4 aliphatic rings. The maximum absolute atomic E-state index is 12.2. The quantitative estimate of drug-likeness (QED) is 0.578. The lowest BCUT2D eigenvalue weighted by molar-refractivity contribution is -0.155.